The van der Waals surface area contributed by atoms with E-state index in [1.807, 2.05) is 38.1 Å². The number of morpholine rings is 1. The van der Waals surface area contributed by atoms with Gasteiger partial charge in [0.2, 0.25) is 0 Å². The van der Waals surface area contributed by atoms with Crippen molar-refractivity contribution in [3.05, 3.63) is 34.9 Å². The third-order valence-electron chi connectivity index (χ3n) is 3.63. The summed E-state index contributed by atoms with van der Waals surface area (Å²) in [6, 6.07) is 7.90. The first kappa shape index (κ1) is 15.7. The van der Waals surface area contributed by atoms with Crippen LogP contribution in [0.2, 0.25) is 5.02 Å². The van der Waals surface area contributed by atoms with Gasteiger partial charge in [-0.15, -0.1) is 0 Å². The van der Waals surface area contributed by atoms with Gasteiger partial charge in [-0.2, -0.15) is 0 Å². The molecular formula is C15H23ClN2O2. The quantitative estimate of drug-likeness (QED) is 0.890. The van der Waals surface area contributed by atoms with Gasteiger partial charge < -0.3 is 15.6 Å². The molecule has 0 radical (unpaired) electrons. The molecule has 1 aromatic carbocycles. The molecule has 0 spiro atoms. The van der Waals surface area contributed by atoms with Crippen molar-refractivity contribution in [2.45, 2.75) is 31.6 Å². The standard InChI is InChI=1S/C15H23ClN2O2/c1-15(2)10-18(8-13(9-19)20-15)14(7-17)11-3-5-12(16)6-4-11/h3-6,13-14,19H,7-10,17H2,1-2H3. The fourth-order valence-electron chi connectivity index (χ4n) is 2.85. The average molecular weight is 299 g/mol. The van der Waals surface area contributed by atoms with E-state index in [-0.39, 0.29) is 24.4 Å². The molecule has 2 atom stereocenters. The van der Waals surface area contributed by atoms with Crippen molar-refractivity contribution in [1.82, 2.24) is 4.90 Å². The third kappa shape index (κ3) is 3.71. The van der Waals surface area contributed by atoms with Gasteiger partial charge in [0.05, 0.1) is 18.3 Å². The average Bonchev–Trinajstić information content (AvgIpc) is 2.40. The Morgan fingerprint density at radius 1 is 1.45 bits per heavy atom. The van der Waals surface area contributed by atoms with Gasteiger partial charge in [-0.1, -0.05) is 23.7 Å². The van der Waals surface area contributed by atoms with E-state index in [1.54, 1.807) is 0 Å². The monoisotopic (exact) mass is 298 g/mol. The van der Waals surface area contributed by atoms with Crippen molar-refractivity contribution in [2.24, 2.45) is 5.73 Å². The van der Waals surface area contributed by atoms with E-state index in [0.29, 0.717) is 13.1 Å². The number of nitrogens with two attached hydrogens (primary N) is 1. The van der Waals surface area contributed by atoms with E-state index in [9.17, 15) is 5.11 Å². The van der Waals surface area contributed by atoms with Crippen LogP contribution in [0.3, 0.4) is 0 Å². The molecule has 1 aliphatic heterocycles. The molecule has 3 N–H and O–H groups in total. The maximum Gasteiger partial charge on any atom is 0.0940 e. The van der Waals surface area contributed by atoms with E-state index < -0.39 is 0 Å². The zero-order valence-electron chi connectivity index (χ0n) is 12.1. The lowest BCUT2D eigenvalue weighted by Crippen LogP contribution is -2.55. The highest BCUT2D eigenvalue weighted by atomic mass is 35.5. The molecule has 0 aromatic heterocycles. The van der Waals surface area contributed by atoms with Crippen molar-refractivity contribution >= 4 is 11.6 Å². The lowest BCUT2D eigenvalue weighted by molar-refractivity contribution is -0.156. The van der Waals surface area contributed by atoms with Crippen LogP contribution in [-0.2, 0) is 4.74 Å². The summed E-state index contributed by atoms with van der Waals surface area (Å²) < 4.78 is 5.85. The summed E-state index contributed by atoms with van der Waals surface area (Å²) >= 11 is 5.94. The van der Waals surface area contributed by atoms with Crippen LogP contribution in [-0.4, -0.2) is 48.0 Å². The molecule has 1 heterocycles. The number of rotatable bonds is 4. The molecule has 0 saturated carbocycles. The first-order chi connectivity index (χ1) is 9.45. The van der Waals surface area contributed by atoms with Crippen molar-refractivity contribution in [1.29, 1.82) is 0 Å². The second-order valence-electron chi connectivity index (χ2n) is 5.91. The number of ether oxygens (including phenoxy) is 1. The molecule has 1 fully saturated rings. The number of hydrogen-bond donors (Lipinski definition) is 2. The van der Waals surface area contributed by atoms with Crippen LogP contribution in [0.15, 0.2) is 24.3 Å². The Bertz CT molecular complexity index is 436. The summed E-state index contributed by atoms with van der Waals surface area (Å²) in [5.41, 5.74) is 6.83. The Morgan fingerprint density at radius 2 is 2.10 bits per heavy atom. The van der Waals surface area contributed by atoms with Gasteiger partial charge in [0.25, 0.3) is 0 Å². The zero-order valence-corrected chi connectivity index (χ0v) is 12.8. The van der Waals surface area contributed by atoms with Crippen LogP contribution in [0.5, 0.6) is 0 Å². The first-order valence-corrected chi connectivity index (χ1v) is 7.31. The molecule has 5 heteroatoms. The summed E-state index contributed by atoms with van der Waals surface area (Å²) in [5.74, 6) is 0. The van der Waals surface area contributed by atoms with Crippen LogP contribution in [0.4, 0.5) is 0 Å². The Hall–Kier alpha value is -0.650. The molecule has 0 bridgehead atoms. The molecule has 1 saturated heterocycles. The molecule has 4 nitrogen and oxygen atoms in total. The van der Waals surface area contributed by atoms with Gasteiger partial charge in [0.15, 0.2) is 0 Å². The fraction of sp³-hybridized carbons (Fsp3) is 0.600. The van der Waals surface area contributed by atoms with Crippen LogP contribution in [0, 0.1) is 0 Å². The van der Waals surface area contributed by atoms with Crippen LogP contribution < -0.4 is 5.73 Å². The van der Waals surface area contributed by atoms with E-state index in [0.717, 1.165) is 17.1 Å². The lowest BCUT2D eigenvalue weighted by atomic mass is 9.99. The second kappa shape index (κ2) is 6.41. The van der Waals surface area contributed by atoms with Gasteiger partial charge in [0.1, 0.15) is 0 Å². The maximum atomic E-state index is 9.40. The van der Waals surface area contributed by atoms with Crippen LogP contribution in [0.1, 0.15) is 25.5 Å². The number of aliphatic hydroxyl groups excluding tert-OH is 1. The molecule has 20 heavy (non-hydrogen) atoms. The van der Waals surface area contributed by atoms with Crippen LogP contribution in [0.25, 0.3) is 0 Å². The van der Waals surface area contributed by atoms with Gasteiger partial charge in [-0.25, -0.2) is 0 Å². The largest absolute Gasteiger partial charge is 0.394 e. The number of hydrogen-bond acceptors (Lipinski definition) is 4. The summed E-state index contributed by atoms with van der Waals surface area (Å²) in [4.78, 5) is 2.29. The Labute approximate surface area is 125 Å². The van der Waals surface area contributed by atoms with Crippen molar-refractivity contribution < 1.29 is 9.84 Å². The molecule has 2 unspecified atom stereocenters. The molecule has 0 amide bonds. The minimum absolute atomic E-state index is 0.0256. The van der Waals surface area contributed by atoms with E-state index >= 15 is 0 Å². The predicted octanol–water partition coefficient (Wildman–Crippen LogP) is 1.81. The van der Waals surface area contributed by atoms with Gasteiger partial charge >= 0.3 is 0 Å². The molecule has 1 aromatic rings. The van der Waals surface area contributed by atoms with E-state index in [1.165, 1.54) is 0 Å². The number of halogens is 1. The van der Waals surface area contributed by atoms with Crippen LogP contribution >= 0.6 is 11.6 Å². The van der Waals surface area contributed by atoms with Crippen molar-refractivity contribution in [3.8, 4) is 0 Å². The molecular weight excluding hydrogens is 276 g/mol. The first-order valence-electron chi connectivity index (χ1n) is 6.93. The fourth-order valence-corrected chi connectivity index (χ4v) is 2.98. The van der Waals surface area contributed by atoms with Gasteiger partial charge in [-0.05, 0) is 31.5 Å². The molecule has 1 aliphatic rings. The Balaban J connectivity index is 2.19. The van der Waals surface area contributed by atoms with E-state index in [2.05, 4.69) is 4.90 Å². The Kier molecular flexibility index (Phi) is 5.04. The lowest BCUT2D eigenvalue weighted by Gasteiger charge is -2.45. The predicted molar refractivity (Wildman–Crippen MR) is 80.9 cm³/mol. The Morgan fingerprint density at radius 3 is 2.65 bits per heavy atom. The minimum Gasteiger partial charge on any atom is -0.394 e. The maximum absolute atomic E-state index is 9.40. The molecule has 0 aliphatic carbocycles. The smallest absolute Gasteiger partial charge is 0.0940 e. The van der Waals surface area contributed by atoms with Crippen molar-refractivity contribution in [3.63, 3.8) is 0 Å². The number of benzene rings is 1. The summed E-state index contributed by atoms with van der Waals surface area (Å²) in [5, 5.41) is 10.1. The topological polar surface area (TPSA) is 58.7 Å². The van der Waals surface area contributed by atoms with Gasteiger partial charge in [-0.3, -0.25) is 4.90 Å². The minimum atomic E-state index is -0.286. The van der Waals surface area contributed by atoms with Gasteiger partial charge in [0, 0.05) is 30.7 Å². The van der Waals surface area contributed by atoms with Crippen molar-refractivity contribution in [2.75, 3.05) is 26.2 Å². The second-order valence-corrected chi connectivity index (χ2v) is 6.35. The highest BCUT2D eigenvalue weighted by Gasteiger charge is 2.36. The summed E-state index contributed by atoms with van der Waals surface area (Å²) in [6.07, 6.45) is -0.167. The third-order valence-corrected chi connectivity index (χ3v) is 3.88. The SMILES string of the molecule is CC1(C)CN(C(CN)c2ccc(Cl)cc2)CC(CO)O1. The number of aliphatic hydroxyl groups is 1. The summed E-state index contributed by atoms with van der Waals surface area (Å²) in [7, 11) is 0. The zero-order chi connectivity index (χ0) is 14.8. The molecule has 112 valence electrons. The van der Waals surface area contributed by atoms with E-state index in [4.69, 9.17) is 22.1 Å². The molecule has 2 rings (SSSR count). The highest BCUT2D eigenvalue weighted by Crippen LogP contribution is 2.29. The summed E-state index contributed by atoms with van der Waals surface area (Å²) in [6.45, 7) is 6.10. The normalized spacial score (nSPS) is 24.6. The highest BCUT2D eigenvalue weighted by molar-refractivity contribution is 6.30. The number of nitrogens with zero attached hydrogens (tertiary/aromatic N) is 1.